The van der Waals surface area contributed by atoms with Crippen molar-refractivity contribution in [2.24, 2.45) is 0 Å². The summed E-state index contributed by atoms with van der Waals surface area (Å²) in [7, 11) is 0. The Morgan fingerprint density at radius 1 is 1.37 bits per heavy atom. The van der Waals surface area contributed by atoms with Crippen molar-refractivity contribution in [3.63, 3.8) is 0 Å². The molecule has 0 saturated carbocycles. The monoisotopic (exact) mass is 303 g/mol. The second kappa shape index (κ2) is 7.36. The molecular weight excluding hydrogens is 289 g/mol. The highest BCUT2D eigenvalue weighted by molar-refractivity contribution is 6.43. The maximum atomic E-state index is 11.9. The second-order valence-electron chi connectivity index (χ2n) is 3.94. The molecule has 0 bridgehead atoms. The van der Waals surface area contributed by atoms with Gasteiger partial charge in [0.05, 0.1) is 15.6 Å². The number of nitrogens with one attached hydrogen (secondary N) is 1. The third-order valence-electron chi connectivity index (χ3n) is 2.37. The lowest BCUT2D eigenvalue weighted by Gasteiger charge is -2.13. The average molecular weight is 304 g/mol. The van der Waals surface area contributed by atoms with Gasteiger partial charge >= 0.3 is 5.97 Å². The molecule has 0 aliphatic rings. The Morgan fingerprint density at radius 3 is 2.68 bits per heavy atom. The van der Waals surface area contributed by atoms with Crippen LogP contribution < -0.4 is 5.32 Å². The summed E-state index contributed by atoms with van der Waals surface area (Å²) in [5.74, 6) is -1.01. The fourth-order valence-electron chi connectivity index (χ4n) is 1.33. The number of rotatable bonds is 5. The molecule has 0 fully saturated rings. The minimum atomic E-state index is -0.880. The van der Waals surface area contributed by atoms with Gasteiger partial charge in [-0.25, -0.2) is 4.79 Å². The smallest absolute Gasteiger partial charge is 0.340 e. The Hall–Kier alpha value is -1.26. The predicted octanol–water partition coefficient (Wildman–Crippen LogP) is 3.06. The number of hydrogen-bond acceptors (Lipinski definition) is 3. The van der Waals surface area contributed by atoms with Gasteiger partial charge in [0.1, 0.15) is 0 Å². The van der Waals surface area contributed by atoms with Crippen LogP contribution in [0.3, 0.4) is 0 Å². The average Bonchev–Trinajstić information content (AvgIpc) is 2.38. The third-order valence-corrected chi connectivity index (χ3v) is 3.19. The normalized spacial score (nSPS) is 11.8. The highest BCUT2D eigenvalue weighted by atomic mass is 35.5. The Balaban J connectivity index is 2.69. The molecule has 19 heavy (non-hydrogen) atoms. The zero-order chi connectivity index (χ0) is 14.4. The summed E-state index contributed by atoms with van der Waals surface area (Å²) in [6.07, 6.45) is -0.0684. The van der Waals surface area contributed by atoms with Crippen molar-refractivity contribution in [2.45, 2.75) is 26.4 Å². The van der Waals surface area contributed by atoms with Crippen LogP contribution in [0.4, 0.5) is 0 Å². The van der Waals surface area contributed by atoms with Crippen LogP contribution in [0, 0.1) is 0 Å². The molecular formula is C13H15Cl2NO3. The number of amides is 1. The van der Waals surface area contributed by atoms with Crippen molar-refractivity contribution in [1.29, 1.82) is 0 Å². The number of esters is 1. The van der Waals surface area contributed by atoms with E-state index in [0.717, 1.165) is 6.42 Å². The first-order valence-corrected chi connectivity index (χ1v) is 6.65. The first kappa shape index (κ1) is 15.8. The SMILES string of the molecule is CCCNC(=O)C(C)OC(=O)c1cccc(Cl)c1Cl. The molecule has 1 aromatic rings. The first-order valence-electron chi connectivity index (χ1n) is 5.90. The van der Waals surface area contributed by atoms with E-state index in [2.05, 4.69) is 5.32 Å². The molecule has 1 atom stereocenters. The van der Waals surface area contributed by atoms with Crippen LogP contribution in [0.2, 0.25) is 10.0 Å². The molecule has 0 radical (unpaired) electrons. The van der Waals surface area contributed by atoms with Crippen molar-refractivity contribution in [3.8, 4) is 0 Å². The number of carbonyl (C=O) groups is 2. The largest absolute Gasteiger partial charge is 0.449 e. The van der Waals surface area contributed by atoms with Gasteiger partial charge in [-0.2, -0.15) is 0 Å². The maximum Gasteiger partial charge on any atom is 0.340 e. The van der Waals surface area contributed by atoms with E-state index in [1.165, 1.54) is 13.0 Å². The van der Waals surface area contributed by atoms with Crippen LogP contribution in [-0.4, -0.2) is 24.5 Å². The quantitative estimate of drug-likeness (QED) is 0.851. The van der Waals surface area contributed by atoms with E-state index < -0.39 is 12.1 Å². The number of hydrogen-bond donors (Lipinski definition) is 1. The Kier molecular flexibility index (Phi) is 6.12. The lowest BCUT2D eigenvalue weighted by atomic mass is 10.2. The standard InChI is InChI=1S/C13H15Cl2NO3/c1-3-7-16-12(17)8(2)19-13(18)9-5-4-6-10(14)11(9)15/h4-6,8H,3,7H2,1-2H3,(H,16,17). The second-order valence-corrected chi connectivity index (χ2v) is 4.73. The van der Waals surface area contributed by atoms with E-state index in [-0.39, 0.29) is 21.5 Å². The van der Waals surface area contributed by atoms with Crippen molar-refractivity contribution >= 4 is 35.1 Å². The van der Waals surface area contributed by atoms with Gasteiger partial charge in [0.25, 0.3) is 5.91 Å². The summed E-state index contributed by atoms with van der Waals surface area (Å²) < 4.78 is 5.04. The van der Waals surface area contributed by atoms with Gasteiger partial charge in [0.2, 0.25) is 0 Å². The fourth-order valence-corrected chi connectivity index (χ4v) is 1.71. The van der Waals surface area contributed by atoms with Crippen molar-refractivity contribution in [1.82, 2.24) is 5.32 Å². The highest BCUT2D eigenvalue weighted by Gasteiger charge is 2.20. The summed E-state index contributed by atoms with van der Waals surface area (Å²) in [4.78, 5) is 23.4. The number of halogens is 2. The lowest BCUT2D eigenvalue weighted by molar-refractivity contribution is -0.129. The fraction of sp³-hybridized carbons (Fsp3) is 0.385. The van der Waals surface area contributed by atoms with Gasteiger partial charge in [0.15, 0.2) is 6.10 Å². The van der Waals surface area contributed by atoms with Crippen LogP contribution in [0.1, 0.15) is 30.6 Å². The number of ether oxygens (including phenoxy) is 1. The predicted molar refractivity (Wildman–Crippen MR) is 74.6 cm³/mol. The van der Waals surface area contributed by atoms with E-state index in [4.69, 9.17) is 27.9 Å². The van der Waals surface area contributed by atoms with Gasteiger partial charge in [-0.05, 0) is 25.5 Å². The van der Waals surface area contributed by atoms with Gasteiger partial charge < -0.3 is 10.1 Å². The van der Waals surface area contributed by atoms with E-state index in [9.17, 15) is 9.59 Å². The highest BCUT2D eigenvalue weighted by Crippen LogP contribution is 2.26. The molecule has 0 aromatic heterocycles. The summed E-state index contributed by atoms with van der Waals surface area (Å²) in [6, 6.07) is 4.65. The van der Waals surface area contributed by atoms with Crippen molar-refractivity contribution in [3.05, 3.63) is 33.8 Å². The molecule has 1 rings (SSSR count). The van der Waals surface area contributed by atoms with Crippen molar-refractivity contribution in [2.75, 3.05) is 6.54 Å². The van der Waals surface area contributed by atoms with E-state index in [1.54, 1.807) is 12.1 Å². The maximum absolute atomic E-state index is 11.9. The zero-order valence-electron chi connectivity index (χ0n) is 10.7. The molecule has 6 heteroatoms. The molecule has 4 nitrogen and oxygen atoms in total. The van der Waals surface area contributed by atoms with Gasteiger partial charge in [-0.3, -0.25) is 4.79 Å². The molecule has 0 saturated heterocycles. The molecule has 1 unspecified atom stereocenters. The molecule has 104 valence electrons. The molecule has 1 amide bonds. The Labute approximate surface area is 122 Å². The van der Waals surface area contributed by atoms with E-state index >= 15 is 0 Å². The topological polar surface area (TPSA) is 55.4 Å². The number of benzene rings is 1. The Bertz CT molecular complexity index is 477. The van der Waals surface area contributed by atoms with Crippen LogP contribution >= 0.6 is 23.2 Å². The summed E-state index contributed by atoms with van der Waals surface area (Å²) in [6.45, 7) is 3.97. The van der Waals surface area contributed by atoms with Gasteiger partial charge in [-0.1, -0.05) is 36.2 Å². The summed E-state index contributed by atoms with van der Waals surface area (Å²) >= 11 is 11.7. The molecule has 0 aliphatic carbocycles. The van der Waals surface area contributed by atoms with Crippen LogP contribution in [-0.2, 0) is 9.53 Å². The molecule has 0 aliphatic heterocycles. The van der Waals surface area contributed by atoms with Crippen LogP contribution in [0.25, 0.3) is 0 Å². The van der Waals surface area contributed by atoms with Gasteiger partial charge in [-0.15, -0.1) is 0 Å². The van der Waals surface area contributed by atoms with Gasteiger partial charge in [0, 0.05) is 6.54 Å². The summed E-state index contributed by atoms with van der Waals surface area (Å²) in [5, 5.41) is 3.02. The number of carbonyl (C=O) groups excluding carboxylic acids is 2. The third kappa shape index (κ3) is 4.40. The van der Waals surface area contributed by atoms with E-state index in [1.807, 2.05) is 6.92 Å². The Morgan fingerprint density at radius 2 is 2.05 bits per heavy atom. The first-order chi connectivity index (χ1) is 8.97. The minimum Gasteiger partial charge on any atom is -0.449 e. The molecule has 0 heterocycles. The zero-order valence-corrected chi connectivity index (χ0v) is 12.2. The minimum absolute atomic E-state index is 0.121. The molecule has 1 N–H and O–H groups in total. The van der Waals surface area contributed by atoms with E-state index in [0.29, 0.717) is 6.54 Å². The lowest BCUT2D eigenvalue weighted by Crippen LogP contribution is -2.36. The molecule has 1 aromatic carbocycles. The molecule has 0 spiro atoms. The van der Waals surface area contributed by atoms with Crippen molar-refractivity contribution < 1.29 is 14.3 Å². The van der Waals surface area contributed by atoms with Crippen LogP contribution in [0.5, 0.6) is 0 Å². The van der Waals surface area contributed by atoms with Crippen LogP contribution in [0.15, 0.2) is 18.2 Å². The summed E-state index contributed by atoms with van der Waals surface area (Å²) in [5.41, 5.74) is 0.143.